The van der Waals surface area contributed by atoms with Gasteiger partial charge in [-0.25, -0.2) is 10.6 Å². The number of aromatic amines is 1. The van der Waals surface area contributed by atoms with Crippen molar-refractivity contribution in [3.05, 3.63) is 89.2 Å². The number of fused-ring (bicyclic) bond motifs is 1. The van der Waals surface area contributed by atoms with Gasteiger partial charge in [0, 0.05) is 29.8 Å². The number of carbonyl (C=O) groups excluding carboxylic acids is 1. The Morgan fingerprint density at radius 1 is 1.13 bits per heavy atom. The highest BCUT2D eigenvalue weighted by Crippen LogP contribution is 2.35. The molecule has 39 heavy (non-hydrogen) atoms. The summed E-state index contributed by atoms with van der Waals surface area (Å²) in [6, 6.07) is 9.57. The lowest BCUT2D eigenvalue weighted by atomic mass is 10.1. The van der Waals surface area contributed by atoms with Gasteiger partial charge >= 0.3 is 12.2 Å². The van der Waals surface area contributed by atoms with Crippen LogP contribution in [-0.2, 0) is 6.18 Å². The number of anilines is 5. The van der Waals surface area contributed by atoms with Crippen LogP contribution in [-0.4, -0.2) is 23.1 Å². The second kappa shape index (κ2) is 11.0. The summed E-state index contributed by atoms with van der Waals surface area (Å²) in [5.41, 5.74) is 5.21. The van der Waals surface area contributed by atoms with Gasteiger partial charge in [-0.1, -0.05) is 9.71 Å². The first-order chi connectivity index (χ1) is 18.6. The Labute approximate surface area is 218 Å². The molecule has 2 aromatic heterocycles. The summed E-state index contributed by atoms with van der Waals surface area (Å²) >= 11 is 0. The van der Waals surface area contributed by atoms with Gasteiger partial charge in [-0.3, -0.25) is 14.8 Å². The zero-order chi connectivity index (χ0) is 28.2. The Kier molecular flexibility index (Phi) is 7.53. The summed E-state index contributed by atoms with van der Waals surface area (Å²) in [5, 5.41) is 9.19. The molecular formula is C24H23F3N9O3+. The molecule has 15 heteroatoms. The Hall–Kier alpha value is -5.31. The monoisotopic (exact) mass is 542 g/mol. The van der Waals surface area contributed by atoms with Crippen LogP contribution >= 0.6 is 0 Å². The van der Waals surface area contributed by atoms with E-state index in [2.05, 4.69) is 25.9 Å². The van der Waals surface area contributed by atoms with E-state index in [1.165, 1.54) is 36.6 Å². The van der Waals surface area contributed by atoms with Crippen LogP contribution in [0.15, 0.2) is 78.2 Å². The molecule has 0 unspecified atom stereocenters. The number of urea groups is 1. The highest BCUT2D eigenvalue weighted by molar-refractivity contribution is 6.02. The maximum atomic E-state index is 13.2. The molecule has 0 bridgehead atoms. The molecule has 2 aromatic carbocycles. The summed E-state index contributed by atoms with van der Waals surface area (Å²) in [6.45, 7) is 0. The van der Waals surface area contributed by atoms with Crippen molar-refractivity contribution in [2.75, 3.05) is 28.1 Å². The summed E-state index contributed by atoms with van der Waals surface area (Å²) < 4.78 is 41.0. The maximum Gasteiger partial charge on any atom is 0.416 e. The molecule has 4 aromatic rings. The van der Waals surface area contributed by atoms with Crippen molar-refractivity contribution < 1.29 is 27.5 Å². The first kappa shape index (κ1) is 26.7. The van der Waals surface area contributed by atoms with Crippen molar-refractivity contribution in [3.8, 4) is 0 Å². The van der Waals surface area contributed by atoms with Crippen molar-refractivity contribution in [3.63, 3.8) is 0 Å². The van der Waals surface area contributed by atoms with Gasteiger partial charge in [0.1, 0.15) is 7.11 Å². The molecule has 0 radical (unpaired) electrons. The SMILES string of the molecule is CO[n+]1cnc(Nc2ccc(NC(=O)Nc3cc(C(F)(F)F)ccc3N(N)/C=C\N)cc2)c2c(=O)cc[nH]c21. The number of hydrazine groups is 1. The predicted octanol–water partition coefficient (Wildman–Crippen LogP) is 2.79. The number of hydrogen-bond donors (Lipinski definition) is 6. The molecule has 8 N–H and O–H groups in total. The maximum absolute atomic E-state index is 13.2. The van der Waals surface area contributed by atoms with Crippen molar-refractivity contribution >= 4 is 45.6 Å². The van der Waals surface area contributed by atoms with Gasteiger partial charge in [-0.05, 0) is 42.5 Å². The minimum Gasteiger partial charge on any atom is -0.403 e. The average molecular weight is 543 g/mol. The molecular weight excluding hydrogens is 519 g/mol. The molecule has 0 spiro atoms. The van der Waals surface area contributed by atoms with Crippen molar-refractivity contribution in [2.45, 2.75) is 6.18 Å². The Morgan fingerprint density at radius 3 is 2.51 bits per heavy atom. The molecule has 2 amide bonds. The number of hydrogen-bond acceptors (Lipinski definition) is 8. The molecule has 0 aliphatic carbocycles. The fraction of sp³-hybridized carbons (Fsp3) is 0.0833. The number of H-pyrrole nitrogens is 1. The molecule has 0 fully saturated rings. The minimum absolute atomic E-state index is 0.0757. The molecule has 202 valence electrons. The topological polar surface area (TPSA) is 167 Å². The van der Waals surface area contributed by atoms with Crippen LogP contribution in [0.2, 0.25) is 0 Å². The number of aromatic nitrogens is 3. The molecule has 0 aliphatic heterocycles. The smallest absolute Gasteiger partial charge is 0.403 e. The first-order valence-electron chi connectivity index (χ1n) is 11.2. The van der Waals surface area contributed by atoms with Crippen LogP contribution in [0.3, 0.4) is 0 Å². The van der Waals surface area contributed by atoms with Gasteiger partial charge in [-0.2, -0.15) is 13.2 Å². The minimum atomic E-state index is -4.63. The van der Waals surface area contributed by atoms with Gasteiger partial charge < -0.3 is 26.5 Å². The van der Waals surface area contributed by atoms with Crippen molar-refractivity contribution in [2.24, 2.45) is 11.6 Å². The predicted molar refractivity (Wildman–Crippen MR) is 139 cm³/mol. The van der Waals surface area contributed by atoms with Crippen LogP contribution in [0.4, 0.5) is 46.5 Å². The number of nitrogens with one attached hydrogen (secondary N) is 4. The van der Waals surface area contributed by atoms with Gasteiger partial charge in [0.05, 0.1) is 23.1 Å². The largest absolute Gasteiger partial charge is 0.416 e. The number of amides is 2. The second-order valence-corrected chi connectivity index (χ2v) is 7.93. The molecule has 4 rings (SSSR count). The Balaban J connectivity index is 1.52. The van der Waals surface area contributed by atoms with E-state index in [0.29, 0.717) is 17.0 Å². The Morgan fingerprint density at radius 2 is 1.85 bits per heavy atom. The van der Waals surface area contributed by atoms with Crippen LogP contribution in [0.1, 0.15) is 5.56 Å². The van der Waals surface area contributed by atoms with Crippen LogP contribution in [0.25, 0.3) is 11.0 Å². The van der Waals surface area contributed by atoms with E-state index >= 15 is 0 Å². The number of nitrogens with zero attached hydrogens (tertiary/aromatic N) is 3. The van der Waals surface area contributed by atoms with Crippen LogP contribution in [0.5, 0.6) is 0 Å². The fourth-order valence-electron chi connectivity index (χ4n) is 3.61. The van der Waals surface area contributed by atoms with Gasteiger partial charge in [-0.15, -0.1) is 0 Å². The molecule has 0 atom stereocenters. The second-order valence-electron chi connectivity index (χ2n) is 7.93. The lowest BCUT2D eigenvalue weighted by Gasteiger charge is -2.20. The van der Waals surface area contributed by atoms with E-state index in [1.54, 1.807) is 24.3 Å². The van der Waals surface area contributed by atoms with E-state index in [4.69, 9.17) is 16.4 Å². The third-order valence-corrected chi connectivity index (χ3v) is 5.39. The first-order valence-corrected chi connectivity index (χ1v) is 11.2. The third-order valence-electron chi connectivity index (χ3n) is 5.39. The van der Waals surface area contributed by atoms with Crippen LogP contribution in [0, 0.1) is 0 Å². The molecule has 12 nitrogen and oxygen atoms in total. The van der Waals surface area contributed by atoms with E-state index in [1.807, 2.05) is 0 Å². The van der Waals surface area contributed by atoms with E-state index < -0.39 is 17.8 Å². The Bertz CT molecular complexity index is 1590. The number of halogens is 3. The number of pyridine rings is 1. The van der Waals surface area contributed by atoms with E-state index in [0.717, 1.165) is 29.4 Å². The average Bonchev–Trinajstić information content (AvgIpc) is 2.89. The fourth-order valence-corrected chi connectivity index (χ4v) is 3.61. The third kappa shape index (κ3) is 5.99. The standard InChI is InChI=1S/C24H22F3N9O3/c1-39-36-13-31-21(20-19(37)8-10-30-22(20)36)32-15-3-5-16(6-4-15)33-23(38)34-17-12-14(24(25,26)27)2-7-18(17)35(29)11-9-28/h2-13H,28-29H2,1H3,(H3,30,32,33,34,37,38)/p+1/b11-9-. The quantitative estimate of drug-likeness (QED) is 0.118. The number of benzene rings is 2. The molecule has 0 saturated carbocycles. The van der Waals surface area contributed by atoms with Gasteiger partial charge in [0.2, 0.25) is 11.2 Å². The zero-order valence-corrected chi connectivity index (χ0v) is 20.3. The summed E-state index contributed by atoms with van der Waals surface area (Å²) in [4.78, 5) is 37.4. The number of nitrogens with two attached hydrogens (primary N) is 2. The van der Waals surface area contributed by atoms with Crippen LogP contribution < -0.4 is 47.5 Å². The summed E-state index contributed by atoms with van der Waals surface area (Å²) in [6.07, 6.45) is 0.540. The molecule has 0 saturated heterocycles. The summed E-state index contributed by atoms with van der Waals surface area (Å²) in [5.74, 6) is 6.08. The normalized spacial score (nSPS) is 11.4. The highest BCUT2D eigenvalue weighted by atomic mass is 19.4. The highest BCUT2D eigenvalue weighted by Gasteiger charge is 2.31. The van der Waals surface area contributed by atoms with Crippen molar-refractivity contribution in [1.82, 2.24) is 9.97 Å². The molecule has 0 aliphatic rings. The zero-order valence-electron chi connectivity index (χ0n) is 20.3. The lowest BCUT2D eigenvalue weighted by Crippen LogP contribution is -2.43. The lowest BCUT2D eigenvalue weighted by molar-refractivity contribution is -0.868. The summed E-state index contributed by atoms with van der Waals surface area (Å²) in [7, 11) is 1.43. The number of alkyl halides is 3. The van der Waals surface area contributed by atoms with Gasteiger partial charge in [0.25, 0.3) is 12.0 Å². The van der Waals surface area contributed by atoms with Gasteiger partial charge in [0.15, 0.2) is 5.39 Å². The van der Waals surface area contributed by atoms with E-state index in [-0.39, 0.29) is 28.0 Å². The van der Waals surface area contributed by atoms with E-state index in [9.17, 15) is 22.8 Å². The van der Waals surface area contributed by atoms with Crippen molar-refractivity contribution in [1.29, 1.82) is 0 Å². The molecule has 2 heterocycles. The number of rotatable bonds is 7. The number of carbonyl (C=O) groups is 1.